The lowest BCUT2D eigenvalue weighted by atomic mass is 10.0. The molecule has 0 heterocycles. The summed E-state index contributed by atoms with van der Waals surface area (Å²) < 4.78 is 32.8. The molecule has 0 rings (SSSR count). The molecule has 0 radical (unpaired) electrons. The average molecular weight is 822 g/mol. The van der Waals surface area contributed by atoms with Crippen LogP contribution in [0.2, 0.25) is 0 Å². The molecule has 0 aromatic carbocycles. The number of rotatable bonds is 42. The van der Waals surface area contributed by atoms with Crippen LogP contribution < -0.4 is 5.73 Å². The standard InChI is InChI=1S/C47H84NO8P/c1-3-5-7-9-11-13-15-17-19-21-22-24-26-28-30-32-34-36-38-40-47(50)56-45(44-55-57(51,52)54-42-41-48)43-53-46(49)39-37-35-33-31-29-27-25-23-20-18-16-14-12-10-8-6-4-2/h5,7,11,13,17,19,22,24,28,30,45H,3-4,6,8-10,12,14-16,18,20-21,23,25-27,29,31-44,48H2,1-2H3,(H,51,52)/b7-5+,13-11+,19-17+,24-22+,30-28+/t45-/m1/s1. The Kier molecular flexibility index (Phi) is 41.6. The van der Waals surface area contributed by atoms with E-state index in [1.165, 1.54) is 89.9 Å². The number of hydrogen-bond acceptors (Lipinski definition) is 8. The summed E-state index contributed by atoms with van der Waals surface area (Å²) in [6, 6.07) is 0. The smallest absolute Gasteiger partial charge is 0.462 e. The van der Waals surface area contributed by atoms with Crippen molar-refractivity contribution in [3.63, 3.8) is 0 Å². The van der Waals surface area contributed by atoms with Gasteiger partial charge in [-0.2, -0.15) is 0 Å². The minimum absolute atomic E-state index is 0.0460. The Morgan fingerprint density at radius 2 is 0.965 bits per heavy atom. The molecule has 0 aliphatic carbocycles. The molecule has 0 saturated carbocycles. The minimum atomic E-state index is -4.39. The van der Waals surface area contributed by atoms with Crippen molar-refractivity contribution >= 4 is 19.8 Å². The molecule has 0 aromatic heterocycles. The molecule has 2 atom stereocenters. The van der Waals surface area contributed by atoms with Crippen LogP contribution >= 0.6 is 7.82 Å². The molecule has 0 spiro atoms. The van der Waals surface area contributed by atoms with E-state index in [2.05, 4.69) is 74.6 Å². The average Bonchev–Trinajstić information content (AvgIpc) is 3.20. The number of nitrogens with two attached hydrogens (primary N) is 1. The first-order valence-corrected chi connectivity index (χ1v) is 24.3. The van der Waals surface area contributed by atoms with Crippen molar-refractivity contribution in [3.8, 4) is 0 Å². The fraction of sp³-hybridized carbons (Fsp3) is 0.745. The van der Waals surface area contributed by atoms with Crippen LogP contribution in [0.15, 0.2) is 60.8 Å². The molecule has 57 heavy (non-hydrogen) atoms. The number of carbonyl (C=O) groups is 2. The molecule has 0 aromatic rings. The number of esters is 2. The third-order valence-corrected chi connectivity index (χ3v) is 10.4. The topological polar surface area (TPSA) is 134 Å². The number of unbranched alkanes of at least 4 members (excludes halogenated alkanes) is 19. The van der Waals surface area contributed by atoms with Crippen molar-refractivity contribution in [1.29, 1.82) is 0 Å². The highest BCUT2D eigenvalue weighted by Crippen LogP contribution is 2.43. The SMILES string of the molecule is CC/C=C/C/C=C/C/C=C/C/C=C/C/C=C/CCCCCC(=O)O[C@H](COC(=O)CCCCCCCCCCCCCCCCCCC)COP(=O)(O)OCCN. The van der Waals surface area contributed by atoms with E-state index in [-0.39, 0.29) is 32.6 Å². The van der Waals surface area contributed by atoms with Gasteiger partial charge in [0.05, 0.1) is 13.2 Å². The number of carbonyl (C=O) groups excluding carboxylic acids is 2. The minimum Gasteiger partial charge on any atom is -0.462 e. The second-order valence-corrected chi connectivity index (χ2v) is 16.3. The zero-order chi connectivity index (χ0) is 41.8. The highest BCUT2D eigenvalue weighted by Gasteiger charge is 2.26. The van der Waals surface area contributed by atoms with Gasteiger partial charge in [0.25, 0.3) is 0 Å². The fourth-order valence-corrected chi connectivity index (χ4v) is 6.84. The number of allylic oxidation sites excluding steroid dienone is 10. The van der Waals surface area contributed by atoms with E-state index in [0.29, 0.717) is 6.42 Å². The van der Waals surface area contributed by atoms with E-state index in [1.54, 1.807) is 0 Å². The largest absolute Gasteiger partial charge is 0.472 e. The third kappa shape index (κ3) is 43.1. The summed E-state index contributed by atoms with van der Waals surface area (Å²) in [5.74, 6) is -0.864. The van der Waals surface area contributed by atoms with Crippen molar-refractivity contribution in [2.45, 2.75) is 200 Å². The van der Waals surface area contributed by atoms with E-state index >= 15 is 0 Å². The first kappa shape index (κ1) is 54.7. The lowest BCUT2D eigenvalue weighted by molar-refractivity contribution is -0.161. The molecule has 330 valence electrons. The van der Waals surface area contributed by atoms with Crippen molar-refractivity contribution in [2.75, 3.05) is 26.4 Å². The predicted molar refractivity (Wildman–Crippen MR) is 238 cm³/mol. The molecule has 0 aliphatic rings. The Morgan fingerprint density at radius 3 is 1.44 bits per heavy atom. The second-order valence-electron chi connectivity index (χ2n) is 14.9. The third-order valence-electron chi connectivity index (χ3n) is 9.42. The molecule has 0 saturated heterocycles. The lowest BCUT2D eigenvalue weighted by Gasteiger charge is -2.19. The van der Waals surface area contributed by atoms with E-state index in [9.17, 15) is 19.0 Å². The quantitative estimate of drug-likeness (QED) is 0.0267. The highest BCUT2D eigenvalue weighted by atomic mass is 31.2. The number of ether oxygens (including phenoxy) is 2. The number of hydrogen-bond donors (Lipinski definition) is 2. The lowest BCUT2D eigenvalue weighted by Crippen LogP contribution is -2.29. The fourth-order valence-electron chi connectivity index (χ4n) is 6.07. The molecule has 0 aliphatic heterocycles. The molecule has 10 heteroatoms. The Bertz CT molecular complexity index is 1120. The molecule has 0 bridgehead atoms. The molecule has 9 nitrogen and oxygen atoms in total. The van der Waals surface area contributed by atoms with Crippen LogP contribution in [0.4, 0.5) is 0 Å². The van der Waals surface area contributed by atoms with Crippen LogP contribution in [0.3, 0.4) is 0 Å². The zero-order valence-corrected chi connectivity index (χ0v) is 37.2. The summed E-state index contributed by atoms with van der Waals surface area (Å²) in [5.41, 5.74) is 5.35. The molecule has 1 unspecified atom stereocenters. The van der Waals surface area contributed by atoms with Gasteiger partial charge >= 0.3 is 19.8 Å². The molecule has 0 fully saturated rings. The van der Waals surface area contributed by atoms with Gasteiger partial charge in [-0.1, -0.05) is 184 Å². The van der Waals surface area contributed by atoms with Gasteiger partial charge in [0.1, 0.15) is 6.61 Å². The summed E-state index contributed by atoms with van der Waals surface area (Å²) in [6.07, 6.45) is 51.1. The number of phosphoric acid groups is 1. The van der Waals surface area contributed by atoms with Gasteiger partial charge in [-0.05, 0) is 57.8 Å². The van der Waals surface area contributed by atoms with Crippen LogP contribution in [0.1, 0.15) is 194 Å². The maximum absolute atomic E-state index is 12.6. The van der Waals surface area contributed by atoms with Crippen molar-refractivity contribution < 1.29 is 37.6 Å². The van der Waals surface area contributed by atoms with Crippen molar-refractivity contribution in [3.05, 3.63) is 60.8 Å². The summed E-state index contributed by atoms with van der Waals surface area (Å²) in [5, 5.41) is 0. The Labute approximate surface area is 349 Å². The Morgan fingerprint density at radius 1 is 0.544 bits per heavy atom. The summed E-state index contributed by atoms with van der Waals surface area (Å²) in [7, 11) is -4.39. The van der Waals surface area contributed by atoms with Gasteiger partial charge in [0.2, 0.25) is 0 Å². The van der Waals surface area contributed by atoms with Gasteiger partial charge in [0, 0.05) is 19.4 Å². The van der Waals surface area contributed by atoms with Crippen molar-refractivity contribution in [1.82, 2.24) is 0 Å². The van der Waals surface area contributed by atoms with E-state index < -0.39 is 32.5 Å². The Hall–Kier alpha value is -2.29. The predicted octanol–water partition coefficient (Wildman–Crippen LogP) is 13.3. The summed E-state index contributed by atoms with van der Waals surface area (Å²) in [4.78, 5) is 34.9. The summed E-state index contributed by atoms with van der Waals surface area (Å²) >= 11 is 0. The van der Waals surface area contributed by atoms with E-state index in [0.717, 1.165) is 70.6 Å². The molecule has 3 N–H and O–H groups in total. The molecule has 0 amide bonds. The zero-order valence-electron chi connectivity index (χ0n) is 36.3. The van der Waals surface area contributed by atoms with Crippen LogP contribution in [-0.2, 0) is 32.7 Å². The summed E-state index contributed by atoms with van der Waals surface area (Å²) in [6.45, 7) is 3.59. The maximum Gasteiger partial charge on any atom is 0.472 e. The van der Waals surface area contributed by atoms with E-state index in [1.807, 2.05) is 0 Å². The van der Waals surface area contributed by atoms with Crippen LogP contribution in [0, 0.1) is 0 Å². The Balaban J connectivity index is 4.19. The van der Waals surface area contributed by atoms with Gasteiger partial charge in [-0.3, -0.25) is 18.6 Å². The first-order chi connectivity index (χ1) is 27.8. The van der Waals surface area contributed by atoms with Gasteiger partial charge in [0.15, 0.2) is 6.10 Å². The van der Waals surface area contributed by atoms with Gasteiger partial charge < -0.3 is 20.1 Å². The normalized spacial score (nSPS) is 13.8. The molecular weight excluding hydrogens is 737 g/mol. The van der Waals surface area contributed by atoms with Gasteiger partial charge in [-0.25, -0.2) is 4.57 Å². The van der Waals surface area contributed by atoms with Crippen LogP contribution in [-0.4, -0.2) is 49.3 Å². The molecular formula is C47H84NO8P. The van der Waals surface area contributed by atoms with E-state index in [4.69, 9.17) is 24.3 Å². The number of phosphoric ester groups is 1. The second kappa shape index (κ2) is 43.3. The van der Waals surface area contributed by atoms with Crippen LogP contribution in [0.25, 0.3) is 0 Å². The highest BCUT2D eigenvalue weighted by molar-refractivity contribution is 7.47. The monoisotopic (exact) mass is 822 g/mol. The van der Waals surface area contributed by atoms with Gasteiger partial charge in [-0.15, -0.1) is 0 Å². The van der Waals surface area contributed by atoms with Crippen molar-refractivity contribution in [2.24, 2.45) is 5.73 Å². The maximum atomic E-state index is 12.6. The first-order valence-electron chi connectivity index (χ1n) is 22.8. The van der Waals surface area contributed by atoms with Crippen LogP contribution in [0.5, 0.6) is 0 Å².